The van der Waals surface area contributed by atoms with Crippen LogP contribution in [0, 0.1) is 0 Å². The van der Waals surface area contributed by atoms with Crippen LogP contribution in [0.2, 0.25) is 0 Å². The molecule has 204 valence electrons. The molecule has 0 aliphatic carbocycles. The highest BCUT2D eigenvalue weighted by molar-refractivity contribution is 5.89. The Morgan fingerprint density at radius 2 is 1.74 bits per heavy atom. The van der Waals surface area contributed by atoms with Gasteiger partial charge in [0.2, 0.25) is 5.91 Å². The smallest absolute Gasteiger partial charge is 0.321 e. The third-order valence-electron chi connectivity index (χ3n) is 8.36. The summed E-state index contributed by atoms with van der Waals surface area (Å²) in [5, 5.41) is 4.22. The van der Waals surface area contributed by atoms with Crippen LogP contribution in [0.25, 0.3) is 10.9 Å². The van der Waals surface area contributed by atoms with Gasteiger partial charge in [-0.25, -0.2) is 4.79 Å². The molecule has 0 unspecified atom stereocenters. The molecular formula is C31H37N5O3. The van der Waals surface area contributed by atoms with Crippen LogP contribution in [-0.2, 0) is 4.79 Å². The van der Waals surface area contributed by atoms with Crippen molar-refractivity contribution in [1.82, 2.24) is 14.8 Å². The lowest BCUT2D eigenvalue weighted by molar-refractivity contribution is -0.128. The first kappa shape index (κ1) is 25.5. The second-order valence-electron chi connectivity index (χ2n) is 10.8. The maximum absolute atomic E-state index is 12.9. The van der Waals surface area contributed by atoms with Gasteiger partial charge in [0.25, 0.3) is 0 Å². The molecule has 0 saturated carbocycles. The summed E-state index contributed by atoms with van der Waals surface area (Å²) in [4.78, 5) is 35.5. The standard InChI is InChI=1S/C31H37N5O3/c37-30-4-3-17-35(30)20-21-39-26-9-10-28-27(11-14-32-29(28)22-26)23-12-18-36(19-13-23)31(38)33-24-5-7-25(8-6-24)34-15-1-2-16-34/h5-11,14,22-23H,1-4,12-13,15-21H2,(H,33,38). The van der Waals surface area contributed by atoms with Crippen LogP contribution in [0.4, 0.5) is 16.2 Å². The number of ether oxygens (including phenoxy) is 1. The van der Waals surface area contributed by atoms with Crippen molar-refractivity contribution >= 4 is 34.2 Å². The fraction of sp³-hybridized carbons (Fsp3) is 0.452. The van der Waals surface area contributed by atoms with Crippen LogP contribution in [-0.4, -0.2) is 72.6 Å². The Balaban J connectivity index is 1.03. The predicted molar refractivity (Wildman–Crippen MR) is 154 cm³/mol. The van der Waals surface area contributed by atoms with E-state index in [2.05, 4.69) is 39.5 Å². The van der Waals surface area contributed by atoms with Gasteiger partial charge in [0.15, 0.2) is 0 Å². The number of rotatable bonds is 7. The molecule has 3 aliphatic rings. The number of amides is 3. The molecule has 1 N–H and O–H groups in total. The first-order valence-corrected chi connectivity index (χ1v) is 14.3. The fourth-order valence-corrected chi connectivity index (χ4v) is 6.14. The molecule has 3 saturated heterocycles. The monoisotopic (exact) mass is 527 g/mol. The molecule has 0 radical (unpaired) electrons. The molecule has 0 bridgehead atoms. The number of urea groups is 1. The molecule has 6 rings (SSSR count). The van der Waals surface area contributed by atoms with Crippen molar-refractivity contribution < 1.29 is 14.3 Å². The van der Waals surface area contributed by atoms with Crippen molar-refractivity contribution in [2.24, 2.45) is 0 Å². The summed E-state index contributed by atoms with van der Waals surface area (Å²) in [5.41, 5.74) is 4.27. The Morgan fingerprint density at radius 3 is 2.49 bits per heavy atom. The molecule has 3 fully saturated rings. The number of pyridine rings is 1. The SMILES string of the molecule is O=C1CCCN1CCOc1ccc2c(C3CCN(C(=O)Nc4ccc(N5CCCC5)cc4)CC3)ccnc2c1. The number of carbonyl (C=O) groups excluding carboxylic acids is 2. The minimum atomic E-state index is -0.0284. The van der Waals surface area contributed by atoms with E-state index < -0.39 is 0 Å². The summed E-state index contributed by atoms with van der Waals surface area (Å²) in [6, 6.07) is 16.4. The molecule has 8 heteroatoms. The number of benzene rings is 2. The summed E-state index contributed by atoms with van der Waals surface area (Å²) in [6.07, 6.45) is 7.81. The van der Waals surface area contributed by atoms with Gasteiger partial charge < -0.3 is 24.8 Å². The molecule has 0 atom stereocenters. The van der Waals surface area contributed by atoms with Gasteiger partial charge in [-0.05, 0) is 86.1 Å². The van der Waals surface area contributed by atoms with Crippen molar-refractivity contribution in [3.63, 3.8) is 0 Å². The van der Waals surface area contributed by atoms with Gasteiger partial charge in [0.1, 0.15) is 12.4 Å². The van der Waals surface area contributed by atoms with Gasteiger partial charge in [-0.15, -0.1) is 0 Å². The number of carbonyl (C=O) groups is 2. The highest BCUT2D eigenvalue weighted by atomic mass is 16.5. The van der Waals surface area contributed by atoms with Gasteiger partial charge in [-0.1, -0.05) is 0 Å². The molecular weight excluding hydrogens is 490 g/mol. The van der Waals surface area contributed by atoms with Crippen LogP contribution >= 0.6 is 0 Å². The van der Waals surface area contributed by atoms with Crippen molar-refractivity contribution in [2.45, 2.75) is 44.4 Å². The van der Waals surface area contributed by atoms with Gasteiger partial charge >= 0.3 is 6.03 Å². The predicted octanol–water partition coefficient (Wildman–Crippen LogP) is 5.25. The van der Waals surface area contributed by atoms with Crippen LogP contribution in [0.15, 0.2) is 54.7 Å². The Kier molecular flexibility index (Phi) is 7.52. The van der Waals surface area contributed by atoms with E-state index in [1.54, 1.807) is 0 Å². The molecule has 39 heavy (non-hydrogen) atoms. The Labute approximate surface area is 229 Å². The third kappa shape index (κ3) is 5.79. The number of hydrogen-bond donors (Lipinski definition) is 1. The van der Waals surface area contributed by atoms with Crippen molar-refractivity contribution in [3.05, 3.63) is 60.3 Å². The summed E-state index contributed by atoms with van der Waals surface area (Å²) in [7, 11) is 0. The minimum absolute atomic E-state index is 0.0284. The van der Waals surface area contributed by atoms with Crippen molar-refractivity contribution in [2.75, 3.05) is 56.1 Å². The van der Waals surface area contributed by atoms with E-state index >= 15 is 0 Å². The van der Waals surface area contributed by atoms with E-state index in [4.69, 9.17) is 4.74 Å². The average molecular weight is 528 g/mol. The Morgan fingerprint density at radius 1 is 0.949 bits per heavy atom. The second-order valence-corrected chi connectivity index (χ2v) is 10.8. The van der Waals surface area contributed by atoms with E-state index in [9.17, 15) is 9.59 Å². The maximum atomic E-state index is 12.9. The molecule has 3 amide bonds. The summed E-state index contributed by atoms with van der Waals surface area (Å²) >= 11 is 0. The zero-order valence-corrected chi connectivity index (χ0v) is 22.5. The number of aromatic nitrogens is 1. The molecule has 3 aliphatic heterocycles. The largest absolute Gasteiger partial charge is 0.492 e. The fourth-order valence-electron chi connectivity index (χ4n) is 6.14. The molecule has 3 aromatic rings. The van der Waals surface area contributed by atoms with Crippen molar-refractivity contribution in [3.8, 4) is 5.75 Å². The van der Waals surface area contributed by atoms with Gasteiger partial charge in [0, 0.05) is 68.2 Å². The van der Waals surface area contributed by atoms with E-state index in [1.165, 1.54) is 24.1 Å². The van der Waals surface area contributed by atoms with E-state index in [1.807, 2.05) is 40.3 Å². The number of likely N-dealkylation sites (tertiary alicyclic amines) is 2. The summed E-state index contributed by atoms with van der Waals surface area (Å²) < 4.78 is 5.94. The number of fused-ring (bicyclic) bond motifs is 1. The molecule has 4 heterocycles. The van der Waals surface area contributed by atoms with Crippen molar-refractivity contribution in [1.29, 1.82) is 0 Å². The average Bonchev–Trinajstić information content (AvgIpc) is 3.65. The van der Waals surface area contributed by atoms with Crippen LogP contribution in [0.3, 0.4) is 0 Å². The number of piperidine rings is 1. The highest BCUT2D eigenvalue weighted by Crippen LogP contribution is 2.34. The number of nitrogens with zero attached hydrogens (tertiary/aromatic N) is 4. The number of hydrogen-bond acceptors (Lipinski definition) is 5. The number of anilines is 2. The molecule has 0 spiro atoms. The van der Waals surface area contributed by atoms with E-state index in [0.29, 0.717) is 25.5 Å². The molecule has 8 nitrogen and oxygen atoms in total. The normalized spacial score (nSPS) is 18.3. The zero-order valence-electron chi connectivity index (χ0n) is 22.5. The van der Waals surface area contributed by atoms with E-state index in [0.717, 1.165) is 74.3 Å². The second kappa shape index (κ2) is 11.5. The lowest BCUT2D eigenvalue weighted by Gasteiger charge is -2.32. The van der Waals surface area contributed by atoms with Crippen LogP contribution in [0.5, 0.6) is 5.75 Å². The lowest BCUT2D eigenvalue weighted by Crippen LogP contribution is -2.40. The maximum Gasteiger partial charge on any atom is 0.321 e. The Bertz CT molecular complexity index is 1310. The van der Waals surface area contributed by atoms with Crippen LogP contribution < -0.4 is 15.0 Å². The topological polar surface area (TPSA) is 78.0 Å². The highest BCUT2D eigenvalue weighted by Gasteiger charge is 2.25. The van der Waals surface area contributed by atoms with E-state index in [-0.39, 0.29) is 11.9 Å². The van der Waals surface area contributed by atoms with Gasteiger partial charge in [0.05, 0.1) is 12.1 Å². The number of nitrogens with one attached hydrogen (secondary N) is 1. The quantitative estimate of drug-likeness (QED) is 0.454. The van der Waals surface area contributed by atoms with Gasteiger partial charge in [-0.2, -0.15) is 0 Å². The first-order chi connectivity index (χ1) is 19.1. The summed E-state index contributed by atoms with van der Waals surface area (Å²) in [5.74, 6) is 1.38. The minimum Gasteiger partial charge on any atom is -0.492 e. The molecule has 2 aromatic carbocycles. The lowest BCUT2D eigenvalue weighted by atomic mass is 9.87. The first-order valence-electron chi connectivity index (χ1n) is 14.3. The Hall–Kier alpha value is -3.81. The summed E-state index contributed by atoms with van der Waals surface area (Å²) in [6.45, 7) is 5.62. The molecule has 1 aromatic heterocycles. The zero-order chi connectivity index (χ0) is 26.6. The van der Waals surface area contributed by atoms with Gasteiger partial charge in [-0.3, -0.25) is 9.78 Å². The van der Waals surface area contributed by atoms with Crippen LogP contribution in [0.1, 0.15) is 50.0 Å². The third-order valence-corrected chi connectivity index (χ3v) is 8.36.